The van der Waals surface area contributed by atoms with Gasteiger partial charge in [-0.2, -0.15) is 5.26 Å². The summed E-state index contributed by atoms with van der Waals surface area (Å²) in [6, 6.07) is 19.4. The Kier molecular flexibility index (Phi) is 7.41. The molecule has 2 aliphatic rings. The second kappa shape index (κ2) is 11.4. The number of aryl methyl sites for hydroxylation is 1. The molecule has 0 spiro atoms. The van der Waals surface area contributed by atoms with Crippen LogP contribution in [-0.2, 0) is 24.0 Å². The third-order valence-electron chi connectivity index (χ3n) is 7.26. The number of hydrogen-bond acceptors (Lipinski definition) is 8. The first-order valence-electron chi connectivity index (χ1n) is 13.2. The van der Waals surface area contributed by atoms with Gasteiger partial charge in [0.05, 0.1) is 36.2 Å². The monoisotopic (exact) mass is 536 g/mol. The van der Waals surface area contributed by atoms with Crippen molar-refractivity contribution >= 4 is 22.4 Å². The topological polar surface area (TPSA) is 104 Å². The summed E-state index contributed by atoms with van der Waals surface area (Å²) < 4.78 is 5.51. The van der Waals surface area contributed by atoms with E-state index in [9.17, 15) is 4.79 Å². The van der Waals surface area contributed by atoms with Crippen LogP contribution >= 0.6 is 11.3 Å². The number of thiazole rings is 1. The minimum absolute atomic E-state index is 0.167. The predicted octanol–water partition coefficient (Wildman–Crippen LogP) is 4.50. The number of hydrogen-bond donors (Lipinski definition) is 1. The second-order valence-electron chi connectivity index (χ2n) is 9.81. The van der Waals surface area contributed by atoms with Crippen LogP contribution in [0.2, 0.25) is 0 Å². The van der Waals surface area contributed by atoms with Gasteiger partial charge in [0.2, 0.25) is 0 Å². The van der Waals surface area contributed by atoms with Crippen molar-refractivity contribution in [3.8, 4) is 17.3 Å². The van der Waals surface area contributed by atoms with E-state index in [-0.39, 0.29) is 5.91 Å². The maximum atomic E-state index is 13.1. The first-order chi connectivity index (χ1) is 19.1. The molecule has 2 aromatic carbocycles. The van der Waals surface area contributed by atoms with Crippen molar-refractivity contribution in [2.24, 2.45) is 0 Å². The van der Waals surface area contributed by atoms with Crippen LogP contribution in [0.3, 0.4) is 0 Å². The summed E-state index contributed by atoms with van der Waals surface area (Å²) in [6.45, 7) is 3.59. The number of benzene rings is 2. The lowest BCUT2D eigenvalue weighted by Gasteiger charge is -2.36. The smallest absolute Gasteiger partial charge is 0.257 e. The third-order valence-corrected chi connectivity index (χ3v) is 8.30. The Bertz CT molecular complexity index is 1520. The molecule has 9 heteroatoms. The van der Waals surface area contributed by atoms with Gasteiger partial charge in [0.15, 0.2) is 5.13 Å². The Hall–Kier alpha value is -3.97. The number of nitrogens with zero attached hydrogens (tertiary/aromatic N) is 5. The van der Waals surface area contributed by atoms with E-state index in [1.807, 2.05) is 42.5 Å². The average molecular weight is 537 g/mol. The summed E-state index contributed by atoms with van der Waals surface area (Å²) in [5.41, 5.74) is 4.97. The number of amides is 1. The molecule has 2 aromatic heterocycles. The van der Waals surface area contributed by atoms with Crippen LogP contribution in [0.5, 0.6) is 0 Å². The quantitative estimate of drug-likeness (QED) is 0.387. The number of anilines is 1. The number of rotatable bonds is 6. The largest absolute Gasteiger partial charge is 0.379 e. The summed E-state index contributed by atoms with van der Waals surface area (Å²) in [5.74, 6) is 0.497. The molecule has 1 saturated heterocycles. The molecule has 0 radical (unpaired) electrons. The molecule has 1 N–H and O–H groups in total. The van der Waals surface area contributed by atoms with Crippen LogP contribution < -0.4 is 5.32 Å². The van der Waals surface area contributed by atoms with Crippen LogP contribution in [-0.4, -0.2) is 58.1 Å². The lowest BCUT2D eigenvalue weighted by molar-refractivity contribution is 0.0139. The van der Waals surface area contributed by atoms with Crippen molar-refractivity contribution in [3.05, 3.63) is 93.9 Å². The standard InChI is InChI=1S/C30H28N6O2S/c31-19-20-4-6-22(7-5-20)25-10-11-32-28(33-25)17-21-2-1-3-23(16-21)29(37)35-30-34-26-9-8-24(18-27(26)39-30)36-12-14-38-15-13-36/h1-7,10-11,16,24H,8-9,12-15,17-18H2,(H,34,35,37)/t24-/m0/s1. The summed E-state index contributed by atoms with van der Waals surface area (Å²) in [5, 5.41) is 12.7. The van der Waals surface area contributed by atoms with Gasteiger partial charge >= 0.3 is 0 Å². The SMILES string of the molecule is N#Cc1ccc(-c2ccnc(Cc3cccc(C(=O)Nc4nc5c(s4)C[C@@H](N4CCOCC4)CC5)c3)n2)cc1. The molecule has 0 saturated carbocycles. The predicted molar refractivity (Wildman–Crippen MR) is 150 cm³/mol. The Labute approximate surface area is 231 Å². The van der Waals surface area contributed by atoms with E-state index in [0.29, 0.717) is 34.5 Å². The van der Waals surface area contributed by atoms with Crippen LogP contribution in [0.4, 0.5) is 5.13 Å². The molecule has 1 atom stereocenters. The fourth-order valence-electron chi connectivity index (χ4n) is 5.20. The van der Waals surface area contributed by atoms with Gasteiger partial charge in [-0.05, 0) is 55.2 Å². The number of carbonyl (C=O) groups is 1. The van der Waals surface area contributed by atoms with Crippen LogP contribution in [0, 0.1) is 11.3 Å². The Morgan fingerprint density at radius 3 is 2.79 bits per heavy atom. The van der Waals surface area contributed by atoms with Crippen LogP contribution in [0.25, 0.3) is 11.3 Å². The molecule has 3 heterocycles. The summed E-state index contributed by atoms with van der Waals surface area (Å²) in [4.78, 5) is 30.8. The zero-order valence-electron chi connectivity index (χ0n) is 21.5. The number of carbonyl (C=O) groups excluding carboxylic acids is 1. The van der Waals surface area contributed by atoms with Gasteiger partial charge in [0, 0.05) is 47.8 Å². The Morgan fingerprint density at radius 1 is 1.13 bits per heavy atom. The zero-order chi connectivity index (χ0) is 26.6. The highest BCUT2D eigenvalue weighted by molar-refractivity contribution is 7.15. The molecule has 0 unspecified atom stereocenters. The normalized spacial score (nSPS) is 17.3. The van der Waals surface area contributed by atoms with E-state index in [4.69, 9.17) is 20.0 Å². The number of ether oxygens (including phenoxy) is 1. The van der Waals surface area contributed by atoms with E-state index in [1.54, 1.807) is 29.7 Å². The van der Waals surface area contributed by atoms with Crippen LogP contribution in [0.15, 0.2) is 60.8 Å². The molecule has 39 heavy (non-hydrogen) atoms. The van der Waals surface area contributed by atoms with Gasteiger partial charge in [-0.25, -0.2) is 15.0 Å². The first kappa shape index (κ1) is 25.3. The lowest BCUT2D eigenvalue weighted by atomic mass is 9.96. The number of fused-ring (bicyclic) bond motifs is 1. The van der Waals surface area contributed by atoms with Gasteiger partial charge in [0.1, 0.15) is 5.82 Å². The summed E-state index contributed by atoms with van der Waals surface area (Å²) in [7, 11) is 0. The van der Waals surface area contributed by atoms with Crippen molar-refractivity contribution < 1.29 is 9.53 Å². The molecule has 6 rings (SSSR count). The van der Waals surface area contributed by atoms with E-state index >= 15 is 0 Å². The van der Waals surface area contributed by atoms with Gasteiger partial charge < -0.3 is 4.74 Å². The van der Waals surface area contributed by atoms with Gasteiger partial charge in [-0.15, -0.1) is 11.3 Å². The number of nitriles is 1. The van der Waals surface area contributed by atoms with Crippen molar-refractivity contribution in [1.29, 1.82) is 5.26 Å². The third kappa shape index (κ3) is 5.88. The molecular weight excluding hydrogens is 508 g/mol. The van der Waals surface area contributed by atoms with Gasteiger partial charge in [0.25, 0.3) is 5.91 Å². The van der Waals surface area contributed by atoms with E-state index < -0.39 is 0 Å². The summed E-state index contributed by atoms with van der Waals surface area (Å²) >= 11 is 1.60. The molecule has 0 bridgehead atoms. The molecule has 4 aromatic rings. The Balaban J connectivity index is 1.11. The first-order valence-corrected chi connectivity index (χ1v) is 14.0. The zero-order valence-corrected chi connectivity index (χ0v) is 22.3. The maximum Gasteiger partial charge on any atom is 0.257 e. The molecule has 1 aliphatic carbocycles. The number of morpholine rings is 1. The lowest BCUT2D eigenvalue weighted by Crippen LogP contribution is -2.45. The average Bonchev–Trinajstić information content (AvgIpc) is 3.39. The van der Waals surface area contributed by atoms with Crippen LogP contribution in [0.1, 0.15) is 44.3 Å². The van der Waals surface area contributed by atoms with Crippen molar-refractivity contribution in [2.75, 3.05) is 31.6 Å². The number of aromatic nitrogens is 3. The highest BCUT2D eigenvalue weighted by Crippen LogP contribution is 2.32. The minimum atomic E-state index is -0.167. The summed E-state index contributed by atoms with van der Waals surface area (Å²) in [6.07, 6.45) is 5.27. The Morgan fingerprint density at radius 2 is 1.97 bits per heavy atom. The van der Waals surface area contributed by atoms with E-state index in [1.165, 1.54) is 4.88 Å². The molecule has 196 valence electrons. The molecule has 8 nitrogen and oxygen atoms in total. The van der Waals surface area contributed by atoms with Crippen molar-refractivity contribution in [2.45, 2.75) is 31.7 Å². The minimum Gasteiger partial charge on any atom is -0.379 e. The second-order valence-corrected chi connectivity index (χ2v) is 10.9. The van der Waals surface area contributed by atoms with Crippen molar-refractivity contribution in [3.63, 3.8) is 0 Å². The molecule has 1 aliphatic heterocycles. The van der Waals surface area contributed by atoms with Gasteiger partial charge in [-0.3, -0.25) is 15.0 Å². The molecule has 1 amide bonds. The van der Waals surface area contributed by atoms with E-state index in [2.05, 4.69) is 21.3 Å². The highest BCUT2D eigenvalue weighted by atomic mass is 32.1. The van der Waals surface area contributed by atoms with Crippen molar-refractivity contribution in [1.82, 2.24) is 19.9 Å². The molecule has 1 fully saturated rings. The fourth-order valence-corrected chi connectivity index (χ4v) is 6.27. The fraction of sp³-hybridized carbons (Fsp3) is 0.300. The highest BCUT2D eigenvalue weighted by Gasteiger charge is 2.28. The van der Waals surface area contributed by atoms with E-state index in [0.717, 1.165) is 68.1 Å². The molecular formula is C30H28N6O2S. The number of nitrogens with one attached hydrogen (secondary N) is 1. The van der Waals surface area contributed by atoms with Gasteiger partial charge in [-0.1, -0.05) is 24.3 Å². The maximum absolute atomic E-state index is 13.1.